The first-order chi connectivity index (χ1) is 15.7. The molecule has 0 fully saturated rings. The average Bonchev–Trinajstić information content (AvgIpc) is 2.74. The fourth-order valence-electron chi connectivity index (χ4n) is 2.36. The van der Waals surface area contributed by atoms with Gasteiger partial charge in [-0.3, -0.25) is 23.2 Å². The summed E-state index contributed by atoms with van der Waals surface area (Å²) in [5.41, 5.74) is -1.31. The number of phosphoric ester groups is 1. The third-order valence-electron chi connectivity index (χ3n) is 4.32. The highest BCUT2D eigenvalue weighted by Crippen LogP contribution is 2.48. The van der Waals surface area contributed by atoms with E-state index >= 15 is 0 Å². The van der Waals surface area contributed by atoms with Crippen LogP contribution in [0, 0.1) is 0 Å². The van der Waals surface area contributed by atoms with Crippen LogP contribution in [0.1, 0.15) is 47.0 Å². The van der Waals surface area contributed by atoms with Gasteiger partial charge >= 0.3 is 14.0 Å². The lowest BCUT2D eigenvalue weighted by molar-refractivity contribution is -0.135. The van der Waals surface area contributed by atoms with Crippen LogP contribution in [0.3, 0.4) is 0 Å². The second-order valence-corrected chi connectivity index (χ2v) is 10.1. The summed E-state index contributed by atoms with van der Waals surface area (Å²) in [6, 6.07) is 0. The fourth-order valence-corrected chi connectivity index (χ4v) is 3.32. The first-order valence-electron chi connectivity index (χ1n) is 10.8. The molecule has 0 aromatic carbocycles. The Morgan fingerprint density at radius 2 is 1.56 bits per heavy atom. The van der Waals surface area contributed by atoms with E-state index in [0.29, 0.717) is 13.0 Å². The summed E-state index contributed by atoms with van der Waals surface area (Å²) in [6.45, 7) is 7.28. The lowest BCUT2D eigenvalue weighted by Gasteiger charge is -2.29. The summed E-state index contributed by atoms with van der Waals surface area (Å²) in [5.74, 6) is -0.503. The van der Waals surface area contributed by atoms with Crippen molar-refractivity contribution in [2.75, 3.05) is 53.7 Å². The fraction of sp³-hybridized carbons (Fsp3) is 0.850. The van der Waals surface area contributed by atoms with Crippen LogP contribution < -0.4 is 10.6 Å². The molecule has 0 aliphatic heterocycles. The number of ether oxygens (including phenoxy) is 3. The van der Waals surface area contributed by atoms with Crippen LogP contribution in [0.4, 0.5) is 4.79 Å². The lowest BCUT2D eigenvalue weighted by atomic mass is 10.0. The second kappa shape index (κ2) is 16.0. The van der Waals surface area contributed by atoms with Crippen molar-refractivity contribution in [1.82, 2.24) is 10.6 Å². The number of nitrogens with one attached hydrogen (secondary N) is 2. The van der Waals surface area contributed by atoms with Gasteiger partial charge in [-0.25, -0.2) is 9.36 Å². The van der Waals surface area contributed by atoms with Crippen LogP contribution in [-0.4, -0.2) is 88.0 Å². The molecule has 0 aromatic heterocycles. The van der Waals surface area contributed by atoms with Crippen LogP contribution in [-0.2, 0) is 41.9 Å². The molecule has 34 heavy (non-hydrogen) atoms. The minimum absolute atomic E-state index is 0.0441. The molecule has 3 N–H and O–H groups in total. The molecule has 0 rings (SSSR count). The highest BCUT2D eigenvalue weighted by Gasteiger charge is 2.27. The van der Waals surface area contributed by atoms with E-state index in [1.165, 1.54) is 7.05 Å². The summed E-state index contributed by atoms with van der Waals surface area (Å²) in [5, 5.41) is 13.5. The normalized spacial score (nSPS) is 13.7. The Kier molecular flexibility index (Phi) is 15.2. The lowest BCUT2D eigenvalue weighted by Crippen LogP contribution is -2.37. The van der Waals surface area contributed by atoms with Gasteiger partial charge in [0.2, 0.25) is 11.8 Å². The number of phosphoric acid groups is 1. The number of carbonyl (C=O) groups excluding carboxylic acids is 2. The van der Waals surface area contributed by atoms with Crippen molar-refractivity contribution in [3.63, 3.8) is 0 Å². The van der Waals surface area contributed by atoms with E-state index < -0.39 is 25.2 Å². The minimum atomic E-state index is -3.83. The van der Waals surface area contributed by atoms with Gasteiger partial charge in [-0.05, 0) is 34.1 Å². The summed E-state index contributed by atoms with van der Waals surface area (Å²) in [4.78, 5) is 33.8. The third kappa shape index (κ3) is 16.8. The molecule has 1 atom stereocenters. The van der Waals surface area contributed by atoms with Crippen molar-refractivity contribution in [2.45, 2.75) is 58.2 Å². The molecule has 0 aliphatic rings. The van der Waals surface area contributed by atoms with Crippen molar-refractivity contribution in [2.24, 2.45) is 0 Å². The molecule has 0 bridgehead atoms. The largest absolute Gasteiger partial charge is 0.505 e. The topological polar surface area (TPSA) is 168 Å². The van der Waals surface area contributed by atoms with Gasteiger partial charge in [0.05, 0.1) is 44.1 Å². The Balaban J connectivity index is 4.19. The SMILES string of the molecule is CNC(=O)COC(C)(C)CCOC(C)(C)CC(=O)NCCOP(=O)(OC)OCCCOC(=O)O. The molecule has 2 amide bonds. The molecular weight excluding hydrogens is 475 g/mol. The van der Waals surface area contributed by atoms with E-state index in [1.807, 2.05) is 13.8 Å². The zero-order valence-electron chi connectivity index (χ0n) is 20.8. The van der Waals surface area contributed by atoms with Gasteiger partial charge in [-0.15, -0.1) is 0 Å². The van der Waals surface area contributed by atoms with E-state index in [-0.39, 0.29) is 57.6 Å². The van der Waals surface area contributed by atoms with E-state index in [1.54, 1.807) is 13.8 Å². The highest BCUT2D eigenvalue weighted by molar-refractivity contribution is 7.48. The molecular formula is C20H39N2O11P. The first-order valence-corrected chi connectivity index (χ1v) is 12.3. The van der Waals surface area contributed by atoms with Crippen LogP contribution in [0.5, 0.6) is 0 Å². The maximum absolute atomic E-state index is 12.3. The zero-order valence-corrected chi connectivity index (χ0v) is 21.7. The number of amides is 2. The molecule has 0 saturated carbocycles. The van der Waals surface area contributed by atoms with E-state index in [4.69, 9.17) is 28.2 Å². The molecule has 1 unspecified atom stereocenters. The Labute approximate surface area is 200 Å². The van der Waals surface area contributed by atoms with Crippen molar-refractivity contribution < 1.29 is 51.8 Å². The molecule has 0 aromatic rings. The predicted molar refractivity (Wildman–Crippen MR) is 121 cm³/mol. The molecule has 0 spiro atoms. The summed E-state index contributed by atoms with van der Waals surface area (Å²) in [6.07, 6.45) is -0.635. The Bertz CT molecular complexity index is 685. The minimum Gasteiger partial charge on any atom is -0.450 e. The third-order valence-corrected chi connectivity index (χ3v) is 5.76. The number of likely N-dealkylation sites (N-methyl/N-ethyl adjacent to an activating group) is 1. The summed E-state index contributed by atoms with van der Waals surface area (Å²) in [7, 11) is -1.14. The van der Waals surface area contributed by atoms with Crippen LogP contribution in [0.25, 0.3) is 0 Å². The van der Waals surface area contributed by atoms with Gasteiger partial charge in [0.15, 0.2) is 0 Å². The quantitative estimate of drug-likeness (QED) is 0.131. The van der Waals surface area contributed by atoms with Crippen LogP contribution >= 0.6 is 7.82 Å². The van der Waals surface area contributed by atoms with Gasteiger partial charge in [0.25, 0.3) is 0 Å². The molecule has 0 radical (unpaired) electrons. The average molecular weight is 515 g/mol. The Morgan fingerprint density at radius 1 is 0.912 bits per heavy atom. The van der Waals surface area contributed by atoms with E-state index in [2.05, 4.69) is 15.4 Å². The van der Waals surface area contributed by atoms with E-state index in [9.17, 15) is 18.9 Å². The predicted octanol–water partition coefficient (Wildman–Crippen LogP) is 2.09. The van der Waals surface area contributed by atoms with Gasteiger partial charge in [-0.1, -0.05) is 0 Å². The van der Waals surface area contributed by atoms with Crippen LogP contribution in [0.15, 0.2) is 0 Å². The molecule has 200 valence electrons. The van der Waals surface area contributed by atoms with Gasteiger partial charge in [0.1, 0.15) is 6.61 Å². The van der Waals surface area contributed by atoms with Crippen LogP contribution in [0.2, 0.25) is 0 Å². The maximum atomic E-state index is 12.3. The molecule has 0 aliphatic carbocycles. The van der Waals surface area contributed by atoms with E-state index in [0.717, 1.165) is 7.11 Å². The number of hydrogen-bond donors (Lipinski definition) is 3. The monoisotopic (exact) mass is 514 g/mol. The van der Waals surface area contributed by atoms with Gasteiger partial charge in [-0.2, -0.15) is 0 Å². The first kappa shape index (κ1) is 32.2. The number of hydrogen-bond acceptors (Lipinski definition) is 10. The molecule has 14 heteroatoms. The number of carbonyl (C=O) groups is 3. The standard InChI is InChI=1S/C20H39N2O11P/c1-19(2,31-15-17(24)21-5)8-12-30-20(3,4)14-16(23)22-9-13-33-34(27,28-6)32-11-7-10-29-18(25)26/h7-15H2,1-6H3,(H,21,24)(H,22,23)(H,25,26). The smallest absolute Gasteiger partial charge is 0.450 e. The van der Waals surface area contributed by atoms with Gasteiger partial charge < -0.3 is 30.0 Å². The molecule has 13 nitrogen and oxygen atoms in total. The molecule has 0 saturated heterocycles. The summed E-state index contributed by atoms with van der Waals surface area (Å²) < 4.78 is 42.8. The van der Waals surface area contributed by atoms with Crippen molar-refractivity contribution >= 4 is 25.8 Å². The number of carboxylic acid groups (broad SMARTS) is 1. The number of rotatable bonds is 19. The Morgan fingerprint density at radius 3 is 2.15 bits per heavy atom. The van der Waals surface area contributed by atoms with Crippen molar-refractivity contribution in [3.8, 4) is 0 Å². The van der Waals surface area contributed by atoms with Gasteiger partial charge in [0, 0.05) is 27.1 Å². The summed E-state index contributed by atoms with van der Waals surface area (Å²) >= 11 is 0. The second-order valence-electron chi connectivity index (χ2n) is 8.37. The zero-order chi connectivity index (χ0) is 26.3. The molecule has 0 heterocycles. The van der Waals surface area contributed by atoms with Crippen molar-refractivity contribution in [1.29, 1.82) is 0 Å². The maximum Gasteiger partial charge on any atom is 0.505 e. The van der Waals surface area contributed by atoms with Crippen molar-refractivity contribution in [3.05, 3.63) is 0 Å². The Hall–Kier alpha value is -1.76. The highest BCUT2D eigenvalue weighted by atomic mass is 31.2.